The van der Waals surface area contributed by atoms with E-state index in [0.717, 1.165) is 24.5 Å². The van der Waals surface area contributed by atoms with E-state index in [1.54, 1.807) is 0 Å². The SMILES string of the molecule is CCCNCC1CCC1N1CCC(COC)CC1. The highest BCUT2D eigenvalue weighted by molar-refractivity contribution is 4.91. The van der Waals surface area contributed by atoms with E-state index >= 15 is 0 Å². The number of piperidine rings is 1. The summed E-state index contributed by atoms with van der Waals surface area (Å²) >= 11 is 0. The molecule has 1 heterocycles. The van der Waals surface area contributed by atoms with E-state index < -0.39 is 0 Å². The second-order valence-electron chi connectivity index (χ2n) is 6.04. The molecule has 0 aromatic heterocycles. The van der Waals surface area contributed by atoms with Crippen molar-refractivity contribution in [2.45, 2.75) is 45.1 Å². The standard InChI is InChI=1S/C15H30N2O/c1-3-8-16-11-14-4-5-15(14)17-9-6-13(7-10-17)12-18-2/h13-16H,3-12H2,1-2H3. The van der Waals surface area contributed by atoms with Crippen LogP contribution in [0.5, 0.6) is 0 Å². The van der Waals surface area contributed by atoms with Gasteiger partial charge in [0.1, 0.15) is 0 Å². The van der Waals surface area contributed by atoms with Gasteiger partial charge in [-0.3, -0.25) is 0 Å². The zero-order valence-corrected chi connectivity index (χ0v) is 12.2. The minimum absolute atomic E-state index is 0.808. The molecule has 1 saturated carbocycles. The summed E-state index contributed by atoms with van der Waals surface area (Å²) in [5.41, 5.74) is 0. The first kappa shape index (κ1) is 14.3. The minimum atomic E-state index is 0.808. The molecular weight excluding hydrogens is 224 g/mol. The zero-order chi connectivity index (χ0) is 12.8. The third-order valence-corrected chi connectivity index (χ3v) is 4.73. The van der Waals surface area contributed by atoms with Gasteiger partial charge in [-0.15, -0.1) is 0 Å². The molecule has 0 bridgehead atoms. The van der Waals surface area contributed by atoms with Crippen LogP contribution in [0.1, 0.15) is 39.0 Å². The fraction of sp³-hybridized carbons (Fsp3) is 1.00. The Hall–Kier alpha value is -0.120. The minimum Gasteiger partial charge on any atom is -0.384 e. The highest BCUT2D eigenvalue weighted by Crippen LogP contribution is 2.34. The Balaban J connectivity index is 1.66. The van der Waals surface area contributed by atoms with E-state index in [-0.39, 0.29) is 0 Å². The molecule has 0 radical (unpaired) electrons. The van der Waals surface area contributed by atoms with E-state index in [9.17, 15) is 0 Å². The van der Waals surface area contributed by atoms with Gasteiger partial charge in [0, 0.05) is 19.8 Å². The molecule has 1 aliphatic carbocycles. The molecule has 1 aliphatic heterocycles. The average molecular weight is 254 g/mol. The molecule has 106 valence electrons. The van der Waals surface area contributed by atoms with Crippen LogP contribution in [0, 0.1) is 11.8 Å². The fourth-order valence-corrected chi connectivity index (χ4v) is 3.42. The van der Waals surface area contributed by atoms with Gasteiger partial charge in [-0.25, -0.2) is 0 Å². The monoisotopic (exact) mass is 254 g/mol. The maximum atomic E-state index is 5.28. The summed E-state index contributed by atoms with van der Waals surface area (Å²) in [5.74, 6) is 1.72. The Morgan fingerprint density at radius 3 is 2.50 bits per heavy atom. The lowest BCUT2D eigenvalue weighted by atomic mass is 9.77. The van der Waals surface area contributed by atoms with Crippen molar-refractivity contribution >= 4 is 0 Å². The lowest BCUT2D eigenvalue weighted by Gasteiger charge is -2.47. The first-order valence-electron chi connectivity index (χ1n) is 7.78. The van der Waals surface area contributed by atoms with Crippen LogP contribution in [0.2, 0.25) is 0 Å². The highest BCUT2D eigenvalue weighted by atomic mass is 16.5. The van der Waals surface area contributed by atoms with Gasteiger partial charge in [-0.2, -0.15) is 0 Å². The predicted molar refractivity (Wildman–Crippen MR) is 75.8 cm³/mol. The van der Waals surface area contributed by atoms with Gasteiger partial charge in [0.05, 0.1) is 0 Å². The Labute approximate surface area is 112 Å². The molecule has 0 amide bonds. The fourth-order valence-electron chi connectivity index (χ4n) is 3.42. The van der Waals surface area contributed by atoms with E-state index in [2.05, 4.69) is 17.1 Å². The van der Waals surface area contributed by atoms with Gasteiger partial charge in [0.15, 0.2) is 0 Å². The molecule has 1 saturated heterocycles. The number of rotatable bonds is 7. The maximum Gasteiger partial charge on any atom is 0.0491 e. The van der Waals surface area contributed by atoms with Gasteiger partial charge in [-0.05, 0) is 70.1 Å². The molecule has 3 heteroatoms. The lowest BCUT2D eigenvalue weighted by Crippen LogP contribution is -2.53. The normalized spacial score (nSPS) is 30.3. The smallest absolute Gasteiger partial charge is 0.0491 e. The van der Waals surface area contributed by atoms with Crippen molar-refractivity contribution in [1.82, 2.24) is 10.2 Å². The third-order valence-electron chi connectivity index (χ3n) is 4.73. The van der Waals surface area contributed by atoms with E-state index in [1.807, 2.05) is 7.11 Å². The summed E-state index contributed by atoms with van der Waals surface area (Å²) in [6.07, 6.45) is 6.77. The van der Waals surface area contributed by atoms with Crippen LogP contribution in [0.25, 0.3) is 0 Å². The third kappa shape index (κ3) is 3.69. The number of hydrogen-bond donors (Lipinski definition) is 1. The van der Waals surface area contributed by atoms with Gasteiger partial charge in [0.25, 0.3) is 0 Å². The first-order valence-corrected chi connectivity index (χ1v) is 7.78. The number of likely N-dealkylation sites (tertiary alicyclic amines) is 1. The molecule has 2 atom stereocenters. The van der Waals surface area contributed by atoms with Crippen molar-refractivity contribution in [3.8, 4) is 0 Å². The maximum absolute atomic E-state index is 5.28. The van der Waals surface area contributed by atoms with Crippen LogP contribution in [0.4, 0.5) is 0 Å². The summed E-state index contributed by atoms with van der Waals surface area (Å²) in [6.45, 7) is 8.20. The molecule has 2 aliphatic rings. The molecular formula is C15H30N2O. The Morgan fingerprint density at radius 2 is 1.94 bits per heavy atom. The number of hydrogen-bond acceptors (Lipinski definition) is 3. The summed E-state index contributed by atoms with van der Waals surface area (Å²) in [4.78, 5) is 2.74. The largest absolute Gasteiger partial charge is 0.384 e. The van der Waals surface area contributed by atoms with Crippen LogP contribution in [0.15, 0.2) is 0 Å². The molecule has 1 N–H and O–H groups in total. The quantitative estimate of drug-likeness (QED) is 0.704. The zero-order valence-electron chi connectivity index (χ0n) is 12.2. The molecule has 2 fully saturated rings. The van der Waals surface area contributed by atoms with Gasteiger partial charge in [0.2, 0.25) is 0 Å². The summed E-state index contributed by atoms with van der Waals surface area (Å²) in [7, 11) is 1.83. The van der Waals surface area contributed by atoms with Gasteiger partial charge < -0.3 is 15.0 Å². The van der Waals surface area contributed by atoms with E-state index in [0.29, 0.717) is 0 Å². The summed E-state index contributed by atoms with van der Waals surface area (Å²) < 4.78 is 5.28. The Morgan fingerprint density at radius 1 is 1.17 bits per heavy atom. The molecule has 2 rings (SSSR count). The molecule has 0 aromatic rings. The van der Waals surface area contributed by atoms with E-state index in [1.165, 1.54) is 58.3 Å². The molecule has 0 spiro atoms. The molecule has 18 heavy (non-hydrogen) atoms. The number of ether oxygens (including phenoxy) is 1. The van der Waals surface area contributed by atoms with Crippen molar-refractivity contribution in [1.29, 1.82) is 0 Å². The number of nitrogens with zero attached hydrogens (tertiary/aromatic N) is 1. The van der Waals surface area contributed by atoms with Crippen LogP contribution < -0.4 is 5.32 Å². The van der Waals surface area contributed by atoms with Crippen LogP contribution in [-0.4, -0.2) is 50.8 Å². The molecule has 2 unspecified atom stereocenters. The second-order valence-corrected chi connectivity index (χ2v) is 6.04. The first-order chi connectivity index (χ1) is 8.85. The number of nitrogens with one attached hydrogen (secondary N) is 1. The average Bonchev–Trinajstić information content (AvgIpc) is 2.36. The topological polar surface area (TPSA) is 24.5 Å². The lowest BCUT2D eigenvalue weighted by molar-refractivity contribution is 0.0203. The van der Waals surface area contributed by atoms with Gasteiger partial charge >= 0.3 is 0 Å². The van der Waals surface area contributed by atoms with Crippen LogP contribution in [-0.2, 0) is 4.74 Å². The predicted octanol–water partition coefficient (Wildman–Crippen LogP) is 2.12. The van der Waals surface area contributed by atoms with Gasteiger partial charge in [-0.1, -0.05) is 6.92 Å². The molecule has 3 nitrogen and oxygen atoms in total. The van der Waals surface area contributed by atoms with Crippen molar-refractivity contribution < 1.29 is 4.74 Å². The van der Waals surface area contributed by atoms with E-state index in [4.69, 9.17) is 4.74 Å². The Kier molecular flexibility index (Phi) is 5.93. The Bertz CT molecular complexity index is 227. The van der Waals surface area contributed by atoms with Crippen molar-refractivity contribution in [3.63, 3.8) is 0 Å². The van der Waals surface area contributed by atoms with Crippen molar-refractivity contribution in [2.24, 2.45) is 11.8 Å². The highest BCUT2D eigenvalue weighted by Gasteiger charge is 2.36. The number of methoxy groups -OCH3 is 1. The van der Waals surface area contributed by atoms with Crippen LogP contribution >= 0.6 is 0 Å². The molecule has 0 aromatic carbocycles. The second kappa shape index (κ2) is 7.46. The van der Waals surface area contributed by atoms with Crippen molar-refractivity contribution in [3.05, 3.63) is 0 Å². The van der Waals surface area contributed by atoms with Crippen LogP contribution in [0.3, 0.4) is 0 Å². The van der Waals surface area contributed by atoms with Crippen molar-refractivity contribution in [2.75, 3.05) is 39.9 Å². The summed E-state index contributed by atoms with van der Waals surface area (Å²) in [6, 6.07) is 0.873. The summed E-state index contributed by atoms with van der Waals surface area (Å²) in [5, 5.41) is 3.59.